The lowest BCUT2D eigenvalue weighted by Gasteiger charge is -2.23. The fraction of sp³-hybridized carbons (Fsp3) is 0.407. The van der Waals surface area contributed by atoms with Crippen LogP contribution < -0.4 is 14.4 Å². The van der Waals surface area contributed by atoms with Gasteiger partial charge in [-0.05, 0) is 43.2 Å². The van der Waals surface area contributed by atoms with E-state index in [2.05, 4.69) is 26.8 Å². The fourth-order valence-electron chi connectivity index (χ4n) is 4.02. The first-order valence-corrected chi connectivity index (χ1v) is 11.4. The molecule has 33 heavy (non-hydrogen) atoms. The van der Waals surface area contributed by atoms with Crippen LogP contribution in [0.2, 0.25) is 0 Å². The molecule has 0 spiro atoms. The van der Waals surface area contributed by atoms with Crippen molar-refractivity contribution in [1.29, 1.82) is 0 Å². The average Bonchev–Trinajstić information content (AvgIpc) is 2.99. The second-order valence-corrected chi connectivity index (χ2v) is 8.57. The summed E-state index contributed by atoms with van der Waals surface area (Å²) in [5.74, 6) is 0.234. The van der Waals surface area contributed by atoms with Gasteiger partial charge in [0.05, 0.1) is 18.8 Å². The molecule has 2 aromatic carbocycles. The first-order chi connectivity index (χ1) is 15.8. The summed E-state index contributed by atoms with van der Waals surface area (Å²) in [6.07, 6.45) is 3.53. The summed E-state index contributed by atoms with van der Waals surface area (Å²) in [5, 5.41) is 0. The third-order valence-electron chi connectivity index (χ3n) is 5.82. The lowest BCUT2D eigenvalue weighted by atomic mass is 9.83. The second kappa shape index (κ2) is 10.6. The Morgan fingerprint density at radius 3 is 2.48 bits per heavy atom. The number of nitrogens with zero attached hydrogens (tertiary/aromatic N) is 1. The van der Waals surface area contributed by atoms with Crippen molar-refractivity contribution < 1.29 is 23.8 Å². The zero-order chi connectivity index (χ0) is 24.0. The summed E-state index contributed by atoms with van der Waals surface area (Å²) in [7, 11) is 1.94. The number of esters is 1. The van der Waals surface area contributed by atoms with Gasteiger partial charge in [-0.15, -0.1) is 0 Å². The van der Waals surface area contributed by atoms with Crippen LogP contribution in [0.3, 0.4) is 0 Å². The Morgan fingerprint density at radius 1 is 1.03 bits per heavy atom. The summed E-state index contributed by atoms with van der Waals surface area (Å²) < 4.78 is 16.7. The molecule has 0 amide bonds. The Kier molecular flexibility index (Phi) is 7.79. The van der Waals surface area contributed by atoms with Crippen molar-refractivity contribution in [3.8, 4) is 11.5 Å². The van der Waals surface area contributed by atoms with Crippen LogP contribution in [0.5, 0.6) is 11.5 Å². The molecule has 6 nitrogen and oxygen atoms in total. The third-order valence-corrected chi connectivity index (χ3v) is 5.82. The van der Waals surface area contributed by atoms with Crippen LogP contribution in [-0.2, 0) is 14.9 Å². The first kappa shape index (κ1) is 24.4. The minimum atomic E-state index is -0.579. The number of allylic oxidation sites excluding steroid dienone is 1. The number of carbonyl (C=O) groups excluding carboxylic acids is 2. The molecule has 1 aliphatic rings. The number of hydrogen-bond donors (Lipinski definition) is 0. The maximum Gasteiger partial charge on any atom is 0.338 e. The molecule has 6 heteroatoms. The van der Waals surface area contributed by atoms with E-state index in [0.29, 0.717) is 30.3 Å². The highest BCUT2D eigenvalue weighted by molar-refractivity contribution is 5.96. The van der Waals surface area contributed by atoms with Gasteiger partial charge in [-0.25, -0.2) is 4.79 Å². The van der Waals surface area contributed by atoms with Gasteiger partial charge in [-0.3, -0.25) is 4.79 Å². The lowest BCUT2D eigenvalue weighted by Crippen LogP contribution is -2.25. The molecule has 1 aliphatic heterocycles. The van der Waals surface area contributed by atoms with Crippen molar-refractivity contribution in [2.24, 2.45) is 0 Å². The predicted molar refractivity (Wildman–Crippen MR) is 129 cm³/mol. The predicted octanol–water partition coefficient (Wildman–Crippen LogP) is 5.30. The number of fused-ring (bicyclic) bond motifs is 1. The number of benzene rings is 2. The van der Waals surface area contributed by atoms with E-state index < -0.39 is 5.97 Å². The van der Waals surface area contributed by atoms with E-state index in [0.717, 1.165) is 29.8 Å². The van der Waals surface area contributed by atoms with E-state index in [-0.39, 0.29) is 17.8 Å². The quantitative estimate of drug-likeness (QED) is 0.277. The zero-order valence-corrected chi connectivity index (χ0v) is 20.1. The molecule has 0 aliphatic carbocycles. The molecule has 0 radical (unpaired) electrons. The van der Waals surface area contributed by atoms with Gasteiger partial charge in [0.1, 0.15) is 0 Å². The highest BCUT2D eigenvalue weighted by Crippen LogP contribution is 2.46. The highest BCUT2D eigenvalue weighted by atomic mass is 16.5. The normalized spacial score (nSPS) is 15.3. The van der Waals surface area contributed by atoms with Crippen LogP contribution in [0.1, 0.15) is 56.5 Å². The van der Waals surface area contributed by atoms with Crippen molar-refractivity contribution in [3.05, 3.63) is 65.4 Å². The Bertz CT molecular complexity index is 1040. The molecule has 0 aromatic heterocycles. The number of hydrogen-bond acceptors (Lipinski definition) is 6. The highest BCUT2D eigenvalue weighted by Gasteiger charge is 2.38. The van der Waals surface area contributed by atoms with E-state index in [1.165, 1.54) is 0 Å². The van der Waals surface area contributed by atoms with Crippen molar-refractivity contribution in [1.82, 2.24) is 0 Å². The molecule has 176 valence electrons. The van der Waals surface area contributed by atoms with E-state index >= 15 is 0 Å². The molecular formula is C27H33NO5. The van der Waals surface area contributed by atoms with Crippen molar-refractivity contribution in [2.75, 3.05) is 31.8 Å². The summed E-state index contributed by atoms with van der Waals surface area (Å²) in [6, 6.07) is 13.0. The maximum atomic E-state index is 12.7. The van der Waals surface area contributed by atoms with Crippen LogP contribution >= 0.6 is 0 Å². The average molecular weight is 452 g/mol. The number of likely N-dealkylation sites (N-methyl/N-ethyl adjacent to an activating group) is 1. The molecule has 0 N–H and O–H groups in total. The summed E-state index contributed by atoms with van der Waals surface area (Å²) in [6.45, 7) is 8.82. The minimum Gasteiger partial charge on any atom is -0.490 e. The Hall–Kier alpha value is -3.28. The second-order valence-electron chi connectivity index (χ2n) is 8.57. The molecule has 2 aromatic rings. The van der Waals surface area contributed by atoms with Crippen molar-refractivity contribution >= 4 is 17.4 Å². The number of anilines is 1. The van der Waals surface area contributed by atoms with E-state index in [4.69, 9.17) is 14.2 Å². The van der Waals surface area contributed by atoms with Crippen LogP contribution in [-0.4, -0.2) is 38.6 Å². The van der Waals surface area contributed by atoms with Crippen LogP contribution in [0.15, 0.2) is 54.2 Å². The van der Waals surface area contributed by atoms with E-state index in [1.807, 2.05) is 37.1 Å². The van der Waals surface area contributed by atoms with Gasteiger partial charge >= 0.3 is 5.97 Å². The third kappa shape index (κ3) is 5.38. The SMILES string of the molecule is CCCCOc1ccc(C(=O)OCC(=O)C=C2N(C)c3ccccc3C2(C)C)cc1OCC. The molecule has 0 saturated heterocycles. The van der Waals surface area contributed by atoms with Gasteiger partial charge in [-0.2, -0.15) is 0 Å². The van der Waals surface area contributed by atoms with Gasteiger partial charge in [0.2, 0.25) is 0 Å². The molecule has 0 atom stereocenters. The molecule has 0 fully saturated rings. The number of unbranched alkanes of at least 4 members (excludes halogenated alkanes) is 1. The number of para-hydroxylation sites is 1. The smallest absolute Gasteiger partial charge is 0.338 e. The summed E-state index contributed by atoms with van der Waals surface area (Å²) in [5.41, 5.74) is 3.10. The van der Waals surface area contributed by atoms with Crippen molar-refractivity contribution in [3.63, 3.8) is 0 Å². The van der Waals surface area contributed by atoms with E-state index in [1.54, 1.807) is 24.3 Å². The Morgan fingerprint density at radius 2 is 1.79 bits per heavy atom. The summed E-state index contributed by atoms with van der Waals surface area (Å²) >= 11 is 0. The number of ketones is 1. The van der Waals surface area contributed by atoms with Crippen LogP contribution in [0, 0.1) is 0 Å². The molecule has 0 bridgehead atoms. The van der Waals surface area contributed by atoms with E-state index in [9.17, 15) is 9.59 Å². The molecule has 3 rings (SSSR count). The number of ether oxygens (including phenoxy) is 3. The Balaban J connectivity index is 1.67. The maximum absolute atomic E-state index is 12.7. The largest absolute Gasteiger partial charge is 0.490 e. The van der Waals surface area contributed by atoms with Crippen LogP contribution in [0.4, 0.5) is 5.69 Å². The standard InChI is InChI=1S/C27H33NO5/c1-6-8-15-32-23-14-13-19(16-24(23)31-7-2)26(30)33-18-20(29)17-25-27(3,4)21-11-9-10-12-22(21)28(25)5/h9-14,16-17H,6-8,15,18H2,1-5H3. The van der Waals surface area contributed by atoms with Gasteiger partial charge < -0.3 is 19.1 Å². The van der Waals surface area contributed by atoms with Gasteiger partial charge in [-0.1, -0.05) is 45.4 Å². The monoisotopic (exact) mass is 451 g/mol. The summed E-state index contributed by atoms with van der Waals surface area (Å²) in [4.78, 5) is 27.3. The Labute approximate surface area is 196 Å². The minimum absolute atomic E-state index is 0.268. The fourth-order valence-corrected chi connectivity index (χ4v) is 4.02. The van der Waals surface area contributed by atoms with Gasteiger partial charge in [0.15, 0.2) is 23.9 Å². The molecular weight excluding hydrogens is 418 g/mol. The molecule has 0 unspecified atom stereocenters. The van der Waals surface area contributed by atoms with Crippen molar-refractivity contribution in [2.45, 2.75) is 46.0 Å². The zero-order valence-electron chi connectivity index (χ0n) is 20.1. The first-order valence-electron chi connectivity index (χ1n) is 11.4. The topological polar surface area (TPSA) is 65.1 Å². The number of carbonyl (C=O) groups is 2. The van der Waals surface area contributed by atoms with Crippen LogP contribution in [0.25, 0.3) is 0 Å². The molecule has 0 saturated carbocycles. The number of rotatable bonds is 10. The molecule has 1 heterocycles. The van der Waals surface area contributed by atoms with Gasteiger partial charge in [0.25, 0.3) is 0 Å². The van der Waals surface area contributed by atoms with Gasteiger partial charge in [0, 0.05) is 29.9 Å². The lowest BCUT2D eigenvalue weighted by molar-refractivity contribution is -0.117.